The van der Waals surface area contributed by atoms with Gasteiger partial charge in [0.25, 0.3) is 0 Å². The topological polar surface area (TPSA) is 66.8 Å². The zero-order valence-corrected chi connectivity index (χ0v) is 8.50. The second-order valence-corrected chi connectivity index (χ2v) is 3.53. The normalized spacial score (nSPS) is 19.6. The Labute approximate surface area is 92.2 Å². The van der Waals surface area contributed by atoms with Crippen molar-refractivity contribution in [2.75, 3.05) is 13.2 Å². The average molecular weight is 221 g/mol. The summed E-state index contributed by atoms with van der Waals surface area (Å²) in [7, 11) is 0. The molecule has 1 unspecified atom stereocenters. The summed E-state index contributed by atoms with van der Waals surface area (Å²) in [6.45, 7) is -0.130. The highest BCUT2D eigenvalue weighted by molar-refractivity contribution is 5.78. The summed E-state index contributed by atoms with van der Waals surface area (Å²) in [5.41, 5.74) is 0.884. The minimum Gasteiger partial charge on any atom is -0.480 e. The predicted molar refractivity (Wildman–Crippen MR) is 54.9 cm³/mol. The minimum absolute atomic E-state index is 0.204. The van der Waals surface area contributed by atoms with E-state index in [9.17, 15) is 9.59 Å². The Bertz CT molecular complexity index is 404. The maximum Gasteiger partial charge on any atom is 0.411 e. The molecule has 5 heteroatoms. The van der Waals surface area contributed by atoms with Crippen LogP contribution >= 0.6 is 0 Å². The maximum atomic E-state index is 11.3. The molecule has 1 aliphatic heterocycles. The number of aliphatic carboxylic acids is 1. The lowest BCUT2D eigenvalue weighted by atomic mass is 10.1. The third kappa shape index (κ3) is 1.98. The molecule has 2 rings (SSSR count). The van der Waals surface area contributed by atoms with E-state index in [2.05, 4.69) is 0 Å². The largest absolute Gasteiger partial charge is 0.480 e. The number of carbonyl (C=O) groups is 2. The van der Waals surface area contributed by atoms with Crippen LogP contribution in [-0.4, -0.2) is 35.2 Å². The van der Waals surface area contributed by atoms with Gasteiger partial charge >= 0.3 is 12.1 Å². The number of ether oxygens (including phenoxy) is 1. The number of benzene rings is 1. The molecule has 0 radical (unpaired) electrons. The Balaban J connectivity index is 2.21. The van der Waals surface area contributed by atoms with E-state index in [0.29, 0.717) is 0 Å². The van der Waals surface area contributed by atoms with Crippen molar-refractivity contribution in [2.45, 2.75) is 6.04 Å². The Kier molecular flexibility index (Phi) is 2.76. The van der Waals surface area contributed by atoms with Crippen LogP contribution in [0.3, 0.4) is 0 Å². The first-order valence-electron chi connectivity index (χ1n) is 4.88. The number of nitrogens with zero attached hydrogens (tertiary/aromatic N) is 1. The number of rotatable bonds is 3. The third-order valence-corrected chi connectivity index (χ3v) is 2.47. The molecule has 5 nitrogen and oxygen atoms in total. The Morgan fingerprint density at radius 2 is 2.12 bits per heavy atom. The Morgan fingerprint density at radius 1 is 1.44 bits per heavy atom. The summed E-state index contributed by atoms with van der Waals surface area (Å²) >= 11 is 0. The van der Waals surface area contributed by atoms with Crippen LogP contribution in [0, 0.1) is 0 Å². The molecule has 1 aromatic carbocycles. The molecular weight excluding hydrogens is 210 g/mol. The zero-order valence-electron chi connectivity index (χ0n) is 8.50. The van der Waals surface area contributed by atoms with E-state index in [1.165, 1.54) is 4.90 Å². The van der Waals surface area contributed by atoms with Gasteiger partial charge in [0, 0.05) is 0 Å². The quantitative estimate of drug-likeness (QED) is 0.834. The summed E-state index contributed by atoms with van der Waals surface area (Å²) in [4.78, 5) is 23.2. The highest BCUT2D eigenvalue weighted by atomic mass is 16.6. The molecule has 84 valence electrons. The van der Waals surface area contributed by atoms with Crippen molar-refractivity contribution < 1.29 is 19.4 Å². The van der Waals surface area contributed by atoms with Crippen LogP contribution in [0.5, 0.6) is 0 Å². The number of hydrogen-bond acceptors (Lipinski definition) is 3. The molecule has 0 aromatic heterocycles. The van der Waals surface area contributed by atoms with Gasteiger partial charge in [0.1, 0.15) is 13.2 Å². The molecule has 1 aliphatic rings. The van der Waals surface area contributed by atoms with Crippen molar-refractivity contribution in [3.63, 3.8) is 0 Å². The predicted octanol–water partition coefficient (Wildman–Crippen LogP) is 1.26. The van der Waals surface area contributed by atoms with E-state index in [-0.39, 0.29) is 19.2 Å². The van der Waals surface area contributed by atoms with Crippen molar-refractivity contribution in [1.29, 1.82) is 0 Å². The standard InChI is InChI=1S/C11H11NO4/c13-10(14)6-12-9(7-16-11(12)15)8-4-2-1-3-5-8/h1-5,9H,6-7H2,(H,13,14). The van der Waals surface area contributed by atoms with Gasteiger partial charge in [0.15, 0.2) is 0 Å². The number of carboxylic acids is 1. The minimum atomic E-state index is -1.04. The van der Waals surface area contributed by atoms with Gasteiger partial charge in [-0.1, -0.05) is 30.3 Å². The molecule has 1 saturated heterocycles. The van der Waals surface area contributed by atoms with Crippen molar-refractivity contribution >= 4 is 12.1 Å². The van der Waals surface area contributed by atoms with Crippen LogP contribution in [0.4, 0.5) is 4.79 Å². The monoisotopic (exact) mass is 221 g/mol. The van der Waals surface area contributed by atoms with Crippen molar-refractivity contribution in [3.05, 3.63) is 35.9 Å². The van der Waals surface area contributed by atoms with Crippen LogP contribution in [0.2, 0.25) is 0 Å². The summed E-state index contributed by atoms with van der Waals surface area (Å²) in [6.07, 6.45) is -0.573. The molecule has 1 atom stereocenters. The maximum absolute atomic E-state index is 11.3. The third-order valence-electron chi connectivity index (χ3n) is 2.47. The smallest absolute Gasteiger partial charge is 0.411 e. The van der Waals surface area contributed by atoms with E-state index in [0.717, 1.165) is 5.56 Å². The van der Waals surface area contributed by atoms with Gasteiger partial charge in [0.05, 0.1) is 6.04 Å². The van der Waals surface area contributed by atoms with Gasteiger partial charge in [-0.05, 0) is 5.56 Å². The van der Waals surface area contributed by atoms with Crippen LogP contribution in [-0.2, 0) is 9.53 Å². The molecular formula is C11H11NO4. The second-order valence-electron chi connectivity index (χ2n) is 3.53. The lowest BCUT2D eigenvalue weighted by Crippen LogP contribution is -2.32. The lowest BCUT2D eigenvalue weighted by molar-refractivity contribution is -0.137. The lowest BCUT2D eigenvalue weighted by Gasteiger charge is -2.19. The summed E-state index contributed by atoms with van der Waals surface area (Å²) in [5.74, 6) is -1.04. The van der Waals surface area contributed by atoms with Gasteiger partial charge in [0.2, 0.25) is 0 Å². The molecule has 0 bridgehead atoms. The van der Waals surface area contributed by atoms with E-state index in [4.69, 9.17) is 9.84 Å². The summed E-state index contributed by atoms with van der Waals surface area (Å²) in [6, 6.07) is 8.95. The van der Waals surface area contributed by atoms with Crippen LogP contribution in [0.25, 0.3) is 0 Å². The number of hydrogen-bond donors (Lipinski definition) is 1. The highest BCUT2D eigenvalue weighted by Gasteiger charge is 2.35. The van der Waals surface area contributed by atoms with Gasteiger partial charge in [-0.3, -0.25) is 9.69 Å². The number of carboxylic acid groups (broad SMARTS) is 1. The molecule has 1 aromatic rings. The molecule has 1 heterocycles. The number of amides is 1. The van der Waals surface area contributed by atoms with E-state index < -0.39 is 12.1 Å². The number of carbonyl (C=O) groups excluding carboxylic acids is 1. The van der Waals surface area contributed by atoms with Gasteiger partial charge in [-0.15, -0.1) is 0 Å². The first-order chi connectivity index (χ1) is 7.68. The van der Waals surface area contributed by atoms with E-state index in [1.54, 1.807) is 0 Å². The molecule has 0 spiro atoms. The van der Waals surface area contributed by atoms with Crippen molar-refractivity contribution in [1.82, 2.24) is 4.90 Å². The summed E-state index contributed by atoms with van der Waals surface area (Å²) < 4.78 is 4.86. The van der Waals surface area contributed by atoms with Crippen LogP contribution in [0.15, 0.2) is 30.3 Å². The molecule has 0 saturated carbocycles. The first kappa shape index (κ1) is 10.5. The first-order valence-corrected chi connectivity index (χ1v) is 4.88. The van der Waals surface area contributed by atoms with Crippen molar-refractivity contribution in [2.24, 2.45) is 0 Å². The fourth-order valence-electron chi connectivity index (χ4n) is 1.72. The highest BCUT2D eigenvalue weighted by Crippen LogP contribution is 2.26. The molecule has 0 aliphatic carbocycles. The van der Waals surface area contributed by atoms with Gasteiger partial charge < -0.3 is 9.84 Å². The van der Waals surface area contributed by atoms with E-state index in [1.807, 2.05) is 30.3 Å². The van der Waals surface area contributed by atoms with E-state index >= 15 is 0 Å². The fourth-order valence-corrected chi connectivity index (χ4v) is 1.72. The molecule has 1 N–H and O–H groups in total. The molecule has 16 heavy (non-hydrogen) atoms. The van der Waals surface area contributed by atoms with Crippen LogP contribution < -0.4 is 0 Å². The van der Waals surface area contributed by atoms with Gasteiger partial charge in [-0.2, -0.15) is 0 Å². The molecule has 1 fully saturated rings. The van der Waals surface area contributed by atoms with Gasteiger partial charge in [-0.25, -0.2) is 4.79 Å². The second kappa shape index (κ2) is 4.22. The Morgan fingerprint density at radius 3 is 2.75 bits per heavy atom. The Hall–Kier alpha value is -2.04. The summed E-state index contributed by atoms with van der Waals surface area (Å²) in [5, 5.41) is 8.71. The molecule has 1 amide bonds. The zero-order chi connectivity index (χ0) is 11.5. The average Bonchev–Trinajstić information content (AvgIpc) is 2.61. The van der Waals surface area contributed by atoms with Crippen molar-refractivity contribution in [3.8, 4) is 0 Å². The number of cyclic esters (lactones) is 1. The fraction of sp³-hybridized carbons (Fsp3) is 0.273. The SMILES string of the molecule is O=C(O)CN1C(=O)OCC1c1ccccc1. The van der Waals surface area contributed by atoms with Crippen LogP contribution in [0.1, 0.15) is 11.6 Å².